The SMILES string of the molecule is CCCNCC1(OC)CCC(C(C)(C)C)CC1. The summed E-state index contributed by atoms with van der Waals surface area (Å²) < 4.78 is 5.82. The minimum absolute atomic E-state index is 0.108. The Morgan fingerprint density at radius 1 is 1.24 bits per heavy atom. The maximum Gasteiger partial charge on any atom is 0.0802 e. The number of hydrogen-bond donors (Lipinski definition) is 1. The van der Waals surface area contributed by atoms with Crippen molar-refractivity contribution in [1.29, 1.82) is 0 Å². The molecule has 0 saturated heterocycles. The molecular formula is C15H31NO. The molecule has 1 rings (SSSR count). The number of methoxy groups -OCH3 is 1. The lowest BCUT2D eigenvalue weighted by Crippen LogP contribution is -2.46. The van der Waals surface area contributed by atoms with Crippen LogP contribution in [0.15, 0.2) is 0 Å². The van der Waals surface area contributed by atoms with Crippen molar-refractivity contribution in [2.24, 2.45) is 11.3 Å². The summed E-state index contributed by atoms with van der Waals surface area (Å²) in [6, 6.07) is 0. The molecule has 1 aliphatic rings. The fraction of sp³-hybridized carbons (Fsp3) is 1.00. The van der Waals surface area contributed by atoms with Crippen LogP contribution in [-0.2, 0) is 4.74 Å². The quantitative estimate of drug-likeness (QED) is 0.742. The maximum absolute atomic E-state index is 5.82. The number of ether oxygens (including phenoxy) is 1. The van der Waals surface area contributed by atoms with Gasteiger partial charge in [-0.05, 0) is 50.0 Å². The zero-order chi connectivity index (χ0) is 12.9. The first-order chi connectivity index (χ1) is 7.93. The van der Waals surface area contributed by atoms with Crippen LogP contribution >= 0.6 is 0 Å². The van der Waals surface area contributed by atoms with Crippen molar-refractivity contribution in [2.75, 3.05) is 20.2 Å². The topological polar surface area (TPSA) is 21.3 Å². The van der Waals surface area contributed by atoms with E-state index in [0.29, 0.717) is 5.41 Å². The third-order valence-electron chi connectivity index (χ3n) is 4.43. The van der Waals surface area contributed by atoms with Gasteiger partial charge < -0.3 is 10.1 Å². The van der Waals surface area contributed by atoms with Gasteiger partial charge in [-0.15, -0.1) is 0 Å². The van der Waals surface area contributed by atoms with Crippen LogP contribution in [0.25, 0.3) is 0 Å². The molecule has 1 N–H and O–H groups in total. The molecule has 0 amide bonds. The molecule has 0 bridgehead atoms. The molecule has 0 unspecified atom stereocenters. The summed E-state index contributed by atoms with van der Waals surface area (Å²) in [6.45, 7) is 11.4. The Bertz CT molecular complexity index is 211. The van der Waals surface area contributed by atoms with Gasteiger partial charge in [0, 0.05) is 13.7 Å². The third kappa shape index (κ3) is 4.26. The van der Waals surface area contributed by atoms with Crippen molar-refractivity contribution >= 4 is 0 Å². The Morgan fingerprint density at radius 2 is 1.82 bits per heavy atom. The van der Waals surface area contributed by atoms with E-state index < -0.39 is 0 Å². The zero-order valence-electron chi connectivity index (χ0n) is 12.4. The third-order valence-corrected chi connectivity index (χ3v) is 4.43. The van der Waals surface area contributed by atoms with Crippen molar-refractivity contribution in [3.63, 3.8) is 0 Å². The molecule has 0 atom stereocenters. The van der Waals surface area contributed by atoms with Crippen molar-refractivity contribution in [3.05, 3.63) is 0 Å². The first kappa shape index (κ1) is 15.0. The Hall–Kier alpha value is -0.0800. The van der Waals surface area contributed by atoms with Gasteiger partial charge in [-0.1, -0.05) is 27.7 Å². The average Bonchev–Trinajstić information content (AvgIpc) is 2.29. The second kappa shape index (κ2) is 6.19. The molecule has 17 heavy (non-hydrogen) atoms. The smallest absolute Gasteiger partial charge is 0.0802 e. The Morgan fingerprint density at radius 3 is 2.24 bits per heavy atom. The van der Waals surface area contributed by atoms with Crippen LogP contribution in [0.1, 0.15) is 59.8 Å². The fourth-order valence-corrected chi connectivity index (χ4v) is 2.96. The molecule has 1 fully saturated rings. The summed E-state index contributed by atoms with van der Waals surface area (Å²) in [5, 5.41) is 3.53. The van der Waals surface area contributed by atoms with Gasteiger partial charge in [0.2, 0.25) is 0 Å². The molecule has 1 aliphatic carbocycles. The molecule has 2 nitrogen and oxygen atoms in total. The van der Waals surface area contributed by atoms with Gasteiger partial charge in [0.05, 0.1) is 5.60 Å². The van der Waals surface area contributed by atoms with Crippen LogP contribution in [-0.4, -0.2) is 25.8 Å². The van der Waals surface area contributed by atoms with Crippen LogP contribution in [0.2, 0.25) is 0 Å². The summed E-state index contributed by atoms with van der Waals surface area (Å²) >= 11 is 0. The highest BCUT2D eigenvalue weighted by Gasteiger charge is 2.38. The molecule has 0 aromatic rings. The zero-order valence-corrected chi connectivity index (χ0v) is 12.4. The van der Waals surface area contributed by atoms with E-state index in [4.69, 9.17) is 4.74 Å². The van der Waals surface area contributed by atoms with E-state index in [0.717, 1.165) is 19.0 Å². The van der Waals surface area contributed by atoms with E-state index in [1.165, 1.54) is 32.1 Å². The van der Waals surface area contributed by atoms with Crippen molar-refractivity contribution in [1.82, 2.24) is 5.32 Å². The van der Waals surface area contributed by atoms with Gasteiger partial charge in [-0.2, -0.15) is 0 Å². The van der Waals surface area contributed by atoms with Gasteiger partial charge in [-0.25, -0.2) is 0 Å². The average molecular weight is 241 g/mol. The number of rotatable bonds is 5. The predicted octanol–water partition coefficient (Wildman–Crippen LogP) is 3.61. The van der Waals surface area contributed by atoms with E-state index >= 15 is 0 Å². The summed E-state index contributed by atoms with van der Waals surface area (Å²) in [4.78, 5) is 0. The molecule has 2 heteroatoms. The fourth-order valence-electron chi connectivity index (χ4n) is 2.96. The van der Waals surface area contributed by atoms with Crippen LogP contribution < -0.4 is 5.32 Å². The molecule has 0 aliphatic heterocycles. The van der Waals surface area contributed by atoms with E-state index in [1.807, 2.05) is 7.11 Å². The highest BCUT2D eigenvalue weighted by atomic mass is 16.5. The van der Waals surface area contributed by atoms with E-state index in [1.54, 1.807) is 0 Å². The molecule has 1 saturated carbocycles. The second-order valence-electron chi connectivity index (χ2n) is 6.70. The monoisotopic (exact) mass is 241 g/mol. The highest BCUT2D eigenvalue weighted by molar-refractivity contribution is 4.91. The highest BCUT2D eigenvalue weighted by Crippen LogP contribution is 2.42. The molecule has 0 aromatic heterocycles. The van der Waals surface area contributed by atoms with Crippen LogP contribution in [0.3, 0.4) is 0 Å². The van der Waals surface area contributed by atoms with Crippen LogP contribution in [0.5, 0.6) is 0 Å². The van der Waals surface area contributed by atoms with Gasteiger partial charge in [-0.3, -0.25) is 0 Å². The molecule has 102 valence electrons. The largest absolute Gasteiger partial charge is 0.377 e. The summed E-state index contributed by atoms with van der Waals surface area (Å²) in [7, 11) is 1.88. The van der Waals surface area contributed by atoms with Gasteiger partial charge in [0.15, 0.2) is 0 Å². The minimum Gasteiger partial charge on any atom is -0.377 e. The Balaban J connectivity index is 2.45. The van der Waals surface area contributed by atoms with Crippen molar-refractivity contribution < 1.29 is 4.74 Å². The van der Waals surface area contributed by atoms with Crippen LogP contribution in [0, 0.1) is 11.3 Å². The normalized spacial score (nSPS) is 30.5. The minimum atomic E-state index is 0.108. The van der Waals surface area contributed by atoms with Crippen molar-refractivity contribution in [3.8, 4) is 0 Å². The van der Waals surface area contributed by atoms with Crippen LogP contribution in [0.4, 0.5) is 0 Å². The summed E-state index contributed by atoms with van der Waals surface area (Å²) in [5.74, 6) is 0.858. The summed E-state index contributed by atoms with van der Waals surface area (Å²) in [6.07, 6.45) is 6.24. The van der Waals surface area contributed by atoms with Gasteiger partial charge >= 0.3 is 0 Å². The molecule has 0 spiro atoms. The predicted molar refractivity (Wildman–Crippen MR) is 74.3 cm³/mol. The maximum atomic E-state index is 5.82. The van der Waals surface area contributed by atoms with Gasteiger partial charge in [0.25, 0.3) is 0 Å². The van der Waals surface area contributed by atoms with Gasteiger partial charge in [0.1, 0.15) is 0 Å². The van der Waals surface area contributed by atoms with E-state index in [2.05, 4.69) is 33.0 Å². The first-order valence-electron chi connectivity index (χ1n) is 7.19. The molecule has 0 radical (unpaired) electrons. The number of nitrogens with one attached hydrogen (secondary N) is 1. The lowest BCUT2D eigenvalue weighted by Gasteiger charge is -2.43. The standard InChI is InChI=1S/C15H31NO/c1-6-11-16-12-15(17-5)9-7-13(8-10-15)14(2,3)4/h13,16H,6-12H2,1-5H3. The second-order valence-corrected chi connectivity index (χ2v) is 6.70. The van der Waals surface area contributed by atoms with E-state index in [-0.39, 0.29) is 5.60 Å². The van der Waals surface area contributed by atoms with Crippen molar-refractivity contribution in [2.45, 2.75) is 65.4 Å². The Kier molecular flexibility index (Phi) is 5.46. The van der Waals surface area contributed by atoms with E-state index in [9.17, 15) is 0 Å². The number of hydrogen-bond acceptors (Lipinski definition) is 2. The molecule has 0 aromatic carbocycles. The first-order valence-corrected chi connectivity index (χ1v) is 7.19. The Labute approximate surface area is 108 Å². The summed E-state index contributed by atoms with van der Waals surface area (Å²) in [5.41, 5.74) is 0.563. The molecule has 0 heterocycles. The molecular weight excluding hydrogens is 210 g/mol. The lowest BCUT2D eigenvalue weighted by atomic mass is 9.68. The lowest BCUT2D eigenvalue weighted by molar-refractivity contribution is -0.0579.